The lowest BCUT2D eigenvalue weighted by atomic mass is 9.74. The zero-order valence-electron chi connectivity index (χ0n) is 15.7. The van der Waals surface area contributed by atoms with E-state index in [2.05, 4.69) is 20.1 Å². The molecular formula is C19H21N5O3S. The Hall–Kier alpha value is -2.65. The van der Waals surface area contributed by atoms with Gasteiger partial charge in [-0.1, -0.05) is 0 Å². The van der Waals surface area contributed by atoms with Gasteiger partial charge in [-0.15, -0.1) is 0 Å². The topological polar surface area (TPSA) is 91.4 Å². The van der Waals surface area contributed by atoms with Crippen molar-refractivity contribution < 1.29 is 13.2 Å². The summed E-state index contributed by atoms with van der Waals surface area (Å²) < 4.78 is 29.9. The Morgan fingerprint density at radius 3 is 2.57 bits per heavy atom. The number of sulfonamides is 1. The molecule has 0 atom stereocenters. The van der Waals surface area contributed by atoms with Gasteiger partial charge in [-0.2, -0.15) is 5.10 Å². The van der Waals surface area contributed by atoms with Gasteiger partial charge in [-0.05, 0) is 24.3 Å². The minimum atomic E-state index is -3.07. The van der Waals surface area contributed by atoms with Crippen molar-refractivity contribution >= 4 is 26.7 Å². The molecule has 0 amide bonds. The molecule has 28 heavy (non-hydrogen) atoms. The van der Waals surface area contributed by atoms with Crippen molar-refractivity contribution in [3.05, 3.63) is 36.5 Å². The lowest BCUT2D eigenvalue weighted by molar-refractivity contribution is 0.0395. The van der Waals surface area contributed by atoms with Crippen LogP contribution < -0.4 is 9.64 Å². The second kappa shape index (κ2) is 5.92. The van der Waals surface area contributed by atoms with Crippen molar-refractivity contribution in [2.45, 2.75) is 0 Å². The van der Waals surface area contributed by atoms with Gasteiger partial charge in [0.05, 0.1) is 18.9 Å². The first-order chi connectivity index (χ1) is 13.4. The van der Waals surface area contributed by atoms with Crippen LogP contribution in [0.15, 0.2) is 36.5 Å². The van der Waals surface area contributed by atoms with Gasteiger partial charge in [-0.3, -0.25) is 5.10 Å². The van der Waals surface area contributed by atoms with Crippen molar-refractivity contribution in [2.24, 2.45) is 5.41 Å². The van der Waals surface area contributed by atoms with E-state index in [1.54, 1.807) is 11.4 Å². The van der Waals surface area contributed by atoms with Crippen molar-refractivity contribution in [3.63, 3.8) is 0 Å². The van der Waals surface area contributed by atoms with E-state index >= 15 is 0 Å². The predicted molar refractivity (Wildman–Crippen MR) is 107 cm³/mol. The molecule has 0 saturated carbocycles. The highest BCUT2D eigenvalue weighted by atomic mass is 32.2. The maximum Gasteiger partial charge on any atom is 0.211 e. The lowest BCUT2D eigenvalue weighted by Gasteiger charge is -2.59. The number of nitrogens with one attached hydrogen (secondary N) is 1. The van der Waals surface area contributed by atoms with Gasteiger partial charge in [0.25, 0.3) is 0 Å². The Balaban J connectivity index is 1.30. The summed E-state index contributed by atoms with van der Waals surface area (Å²) in [6, 6.07) is 9.85. The standard InChI is InChI=1S/C19H21N5O3S/c1-27-14-4-5-15-16(7-14)21-22-18(15)13-3-6-17(20-8-13)23-9-19(10-23)11-24(12-19)28(2,25)26/h3-8H,9-12H2,1-2H3,(H,21,22). The molecule has 8 nitrogen and oxygen atoms in total. The predicted octanol–water partition coefficient (Wildman–Crippen LogP) is 1.72. The molecule has 146 valence electrons. The normalized spacial score (nSPS) is 18.9. The SMILES string of the molecule is COc1ccc2c(-c3ccc(N4CC5(C4)CN(S(C)(=O)=O)C5)nc3)n[nH]c2c1. The number of hydrogen-bond acceptors (Lipinski definition) is 6. The number of anilines is 1. The Bertz CT molecular complexity index is 1140. The number of methoxy groups -OCH3 is 1. The molecule has 1 N–H and O–H groups in total. The maximum absolute atomic E-state index is 11.6. The van der Waals surface area contributed by atoms with Crippen LogP contribution in [0.3, 0.4) is 0 Å². The number of aromatic amines is 1. The number of aromatic nitrogens is 3. The summed E-state index contributed by atoms with van der Waals surface area (Å²) in [6.45, 7) is 2.92. The molecule has 0 aliphatic carbocycles. The van der Waals surface area contributed by atoms with Crippen molar-refractivity contribution in [2.75, 3.05) is 44.4 Å². The molecule has 2 fully saturated rings. The molecule has 2 aliphatic rings. The summed E-state index contributed by atoms with van der Waals surface area (Å²) in [4.78, 5) is 6.80. The molecule has 2 aromatic heterocycles. The highest BCUT2D eigenvalue weighted by Crippen LogP contribution is 2.42. The van der Waals surface area contributed by atoms with E-state index in [1.807, 2.05) is 36.5 Å². The quantitative estimate of drug-likeness (QED) is 0.718. The van der Waals surface area contributed by atoms with Crippen LogP contribution in [-0.4, -0.2) is 67.4 Å². The first-order valence-corrected chi connectivity index (χ1v) is 10.9. The van der Waals surface area contributed by atoms with Gasteiger partial charge in [0.15, 0.2) is 0 Å². The van der Waals surface area contributed by atoms with Gasteiger partial charge >= 0.3 is 0 Å². The number of fused-ring (bicyclic) bond motifs is 1. The van der Waals surface area contributed by atoms with Crippen molar-refractivity contribution in [1.29, 1.82) is 0 Å². The minimum Gasteiger partial charge on any atom is -0.497 e. The van der Waals surface area contributed by atoms with Crippen LogP contribution in [0, 0.1) is 5.41 Å². The van der Waals surface area contributed by atoms with Crippen LogP contribution in [0.5, 0.6) is 5.75 Å². The third-order valence-corrected chi connectivity index (χ3v) is 6.86. The fraction of sp³-hybridized carbons (Fsp3) is 0.368. The van der Waals surface area contributed by atoms with Crippen LogP contribution >= 0.6 is 0 Å². The average Bonchev–Trinajstić information content (AvgIpc) is 3.02. The number of hydrogen-bond donors (Lipinski definition) is 1. The van der Waals surface area contributed by atoms with Gasteiger partial charge in [0, 0.05) is 54.8 Å². The van der Waals surface area contributed by atoms with E-state index in [0.717, 1.165) is 46.8 Å². The van der Waals surface area contributed by atoms with Crippen LogP contribution in [0.1, 0.15) is 0 Å². The van der Waals surface area contributed by atoms with Gasteiger partial charge in [0.2, 0.25) is 10.0 Å². The van der Waals surface area contributed by atoms with Crippen molar-refractivity contribution in [1.82, 2.24) is 19.5 Å². The average molecular weight is 399 g/mol. The number of pyridine rings is 1. The van der Waals surface area contributed by atoms with E-state index < -0.39 is 10.0 Å². The summed E-state index contributed by atoms with van der Waals surface area (Å²) in [5.41, 5.74) is 2.83. The lowest BCUT2D eigenvalue weighted by Crippen LogP contribution is -2.73. The van der Waals surface area contributed by atoms with Crippen LogP contribution in [0.4, 0.5) is 5.82 Å². The number of ether oxygens (including phenoxy) is 1. The largest absolute Gasteiger partial charge is 0.497 e. The summed E-state index contributed by atoms with van der Waals surface area (Å²) in [7, 11) is -1.43. The summed E-state index contributed by atoms with van der Waals surface area (Å²) in [5.74, 6) is 1.70. The van der Waals surface area contributed by atoms with Crippen LogP contribution in [0.2, 0.25) is 0 Å². The highest BCUT2D eigenvalue weighted by molar-refractivity contribution is 7.88. The Morgan fingerprint density at radius 1 is 1.14 bits per heavy atom. The smallest absolute Gasteiger partial charge is 0.211 e. The first-order valence-electron chi connectivity index (χ1n) is 9.06. The Kier molecular flexibility index (Phi) is 3.69. The molecule has 1 spiro atoms. The molecule has 0 bridgehead atoms. The maximum atomic E-state index is 11.6. The summed E-state index contributed by atoms with van der Waals surface area (Å²) in [6.07, 6.45) is 3.11. The van der Waals surface area contributed by atoms with E-state index in [0.29, 0.717) is 13.1 Å². The molecule has 5 rings (SSSR count). The molecule has 0 unspecified atom stereocenters. The molecule has 0 radical (unpaired) electrons. The van der Waals surface area contributed by atoms with E-state index in [9.17, 15) is 8.42 Å². The van der Waals surface area contributed by atoms with E-state index in [1.165, 1.54) is 6.26 Å². The summed E-state index contributed by atoms with van der Waals surface area (Å²) in [5, 5.41) is 8.49. The molecule has 2 aliphatic heterocycles. The molecule has 1 aromatic carbocycles. The molecule has 4 heterocycles. The minimum absolute atomic E-state index is 0.0981. The number of nitrogens with zero attached hydrogens (tertiary/aromatic N) is 4. The van der Waals surface area contributed by atoms with Gasteiger partial charge < -0.3 is 9.64 Å². The Morgan fingerprint density at radius 2 is 1.93 bits per heavy atom. The van der Waals surface area contributed by atoms with Gasteiger partial charge in [0.1, 0.15) is 17.3 Å². The number of benzene rings is 1. The highest BCUT2D eigenvalue weighted by Gasteiger charge is 2.54. The second-order valence-corrected chi connectivity index (χ2v) is 9.76. The number of H-pyrrole nitrogens is 1. The zero-order valence-corrected chi connectivity index (χ0v) is 16.5. The zero-order chi connectivity index (χ0) is 19.5. The Labute approximate surface area is 163 Å². The third kappa shape index (κ3) is 2.73. The van der Waals surface area contributed by atoms with Crippen molar-refractivity contribution in [3.8, 4) is 17.0 Å². The second-order valence-electron chi connectivity index (χ2n) is 7.78. The number of rotatable bonds is 4. The molecule has 9 heteroatoms. The fourth-order valence-corrected chi connectivity index (χ4v) is 5.14. The fourth-order valence-electron chi connectivity index (χ4n) is 4.12. The monoisotopic (exact) mass is 399 g/mol. The summed E-state index contributed by atoms with van der Waals surface area (Å²) >= 11 is 0. The van der Waals surface area contributed by atoms with Crippen LogP contribution in [-0.2, 0) is 10.0 Å². The molecular weight excluding hydrogens is 378 g/mol. The third-order valence-electron chi connectivity index (χ3n) is 5.66. The molecule has 2 saturated heterocycles. The molecule has 3 aromatic rings. The first kappa shape index (κ1) is 17.4. The van der Waals surface area contributed by atoms with Gasteiger partial charge in [-0.25, -0.2) is 17.7 Å². The van der Waals surface area contributed by atoms with E-state index in [4.69, 9.17) is 4.74 Å². The van der Waals surface area contributed by atoms with E-state index in [-0.39, 0.29) is 5.41 Å². The van der Waals surface area contributed by atoms with Crippen LogP contribution in [0.25, 0.3) is 22.2 Å².